The van der Waals surface area contributed by atoms with Gasteiger partial charge < -0.3 is 0 Å². The lowest BCUT2D eigenvalue weighted by Gasteiger charge is -2.06. The molecule has 1 aliphatic carbocycles. The first-order valence-electron chi connectivity index (χ1n) is 5.48. The Labute approximate surface area is 97.2 Å². The molecule has 1 heterocycles. The predicted molar refractivity (Wildman–Crippen MR) is 65.0 cm³/mol. The van der Waals surface area contributed by atoms with E-state index < -0.39 is 0 Å². The minimum atomic E-state index is 0.698. The van der Waals surface area contributed by atoms with E-state index in [9.17, 15) is 0 Å². The molecule has 2 aromatic rings. The quantitative estimate of drug-likeness (QED) is 0.829. The van der Waals surface area contributed by atoms with Gasteiger partial charge in [0, 0.05) is 21.5 Å². The number of aromatic amines is 1. The lowest BCUT2D eigenvalue weighted by Crippen LogP contribution is -1.92. The Bertz CT molecular complexity index is 483. The van der Waals surface area contributed by atoms with Crippen molar-refractivity contribution in [1.82, 2.24) is 10.2 Å². The van der Waals surface area contributed by atoms with E-state index in [1.54, 1.807) is 0 Å². The highest BCUT2D eigenvalue weighted by Gasteiger charge is 2.20. The Morgan fingerprint density at radius 2 is 2.07 bits per heavy atom. The van der Waals surface area contributed by atoms with Gasteiger partial charge in [0.05, 0.1) is 5.52 Å². The Hall–Kier alpha value is -0.830. The zero-order valence-electron chi connectivity index (χ0n) is 8.46. The molecule has 0 radical (unpaired) electrons. The van der Waals surface area contributed by atoms with Crippen LogP contribution in [0, 0.1) is 0 Å². The highest BCUT2D eigenvalue weighted by molar-refractivity contribution is 9.10. The molecule has 0 spiro atoms. The molecule has 1 aliphatic rings. The number of H-pyrrole nitrogens is 1. The molecule has 0 atom stereocenters. The Morgan fingerprint density at radius 1 is 1.27 bits per heavy atom. The summed E-state index contributed by atoms with van der Waals surface area (Å²) in [6, 6.07) is 6.28. The van der Waals surface area contributed by atoms with E-state index >= 15 is 0 Å². The predicted octanol–water partition coefficient (Wildman–Crippen LogP) is 3.98. The Kier molecular flexibility index (Phi) is 2.28. The lowest BCUT2D eigenvalue weighted by molar-refractivity contribution is 0.698. The van der Waals surface area contributed by atoms with E-state index in [2.05, 4.69) is 38.3 Å². The molecule has 3 heteroatoms. The fourth-order valence-corrected chi connectivity index (χ4v) is 2.89. The van der Waals surface area contributed by atoms with Crippen molar-refractivity contribution in [2.24, 2.45) is 0 Å². The van der Waals surface area contributed by atoms with E-state index in [4.69, 9.17) is 0 Å². The summed E-state index contributed by atoms with van der Waals surface area (Å²) in [5, 5.41) is 8.86. The molecule has 15 heavy (non-hydrogen) atoms. The van der Waals surface area contributed by atoms with Crippen molar-refractivity contribution < 1.29 is 0 Å². The average Bonchev–Trinajstić information content (AvgIpc) is 2.83. The Balaban J connectivity index is 2.13. The first kappa shape index (κ1) is 9.40. The van der Waals surface area contributed by atoms with Gasteiger partial charge in [0.25, 0.3) is 0 Å². The molecule has 78 valence electrons. The average molecular weight is 265 g/mol. The molecule has 1 saturated carbocycles. The maximum Gasteiger partial charge on any atom is 0.0924 e. The standard InChI is InChI=1S/C12H13BrN2/c13-9-5-6-11-10(7-9)12(15-14-11)8-3-1-2-4-8/h5-8H,1-4H2,(H,14,15). The minimum absolute atomic E-state index is 0.698. The van der Waals surface area contributed by atoms with Crippen LogP contribution < -0.4 is 0 Å². The summed E-state index contributed by atoms with van der Waals surface area (Å²) in [5.74, 6) is 0.698. The van der Waals surface area contributed by atoms with Crippen molar-refractivity contribution in [3.8, 4) is 0 Å². The van der Waals surface area contributed by atoms with Gasteiger partial charge in [-0.05, 0) is 31.0 Å². The molecule has 3 rings (SSSR count). The summed E-state index contributed by atoms with van der Waals surface area (Å²) < 4.78 is 1.13. The van der Waals surface area contributed by atoms with Crippen LogP contribution in [0.4, 0.5) is 0 Å². The van der Waals surface area contributed by atoms with Gasteiger partial charge in [-0.25, -0.2) is 0 Å². The first-order valence-corrected chi connectivity index (χ1v) is 6.27. The zero-order valence-corrected chi connectivity index (χ0v) is 10.0. The third kappa shape index (κ3) is 1.59. The number of nitrogens with one attached hydrogen (secondary N) is 1. The van der Waals surface area contributed by atoms with E-state index in [-0.39, 0.29) is 0 Å². The molecule has 0 saturated heterocycles. The zero-order chi connectivity index (χ0) is 10.3. The second kappa shape index (κ2) is 3.63. The summed E-state index contributed by atoms with van der Waals surface area (Å²) in [6.07, 6.45) is 5.34. The van der Waals surface area contributed by atoms with Crippen molar-refractivity contribution in [2.75, 3.05) is 0 Å². The van der Waals surface area contributed by atoms with Crippen molar-refractivity contribution in [1.29, 1.82) is 0 Å². The third-order valence-electron chi connectivity index (χ3n) is 3.31. The van der Waals surface area contributed by atoms with Crippen LogP contribution in [0.1, 0.15) is 37.3 Å². The van der Waals surface area contributed by atoms with Crippen molar-refractivity contribution in [3.05, 3.63) is 28.4 Å². The van der Waals surface area contributed by atoms with Crippen LogP contribution in [0.2, 0.25) is 0 Å². The summed E-state index contributed by atoms with van der Waals surface area (Å²) >= 11 is 3.52. The summed E-state index contributed by atoms with van der Waals surface area (Å²) in [5.41, 5.74) is 2.42. The van der Waals surface area contributed by atoms with E-state index in [0.717, 1.165) is 9.99 Å². The monoisotopic (exact) mass is 264 g/mol. The second-order valence-electron chi connectivity index (χ2n) is 4.28. The number of fused-ring (bicyclic) bond motifs is 1. The summed E-state index contributed by atoms with van der Waals surface area (Å²) in [4.78, 5) is 0. The van der Waals surface area contributed by atoms with Gasteiger partial charge in [-0.1, -0.05) is 28.8 Å². The highest BCUT2D eigenvalue weighted by atomic mass is 79.9. The fraction of sp³-hybridized carbons (Fsp3) is 0.417. The second-order valence-corrected chi connectivity index (χ2v) is 5.20. The molecule has 1 aromatic carbocycles. The van der Waals surface area contributed by atoms with Crippen molar-refractivity contribution >= 4 is 26.8 Å². The molecule has 0 bridgehead atoms. The molecular weight excluding hydrogens is 252 g/mol. The summed E-state index contributed by atoms with van der Waals surface area (Å²) in [7, 11) is 0. The van der Waals surface area contributed by atoms with Crippen LogP contribution in [0.15, 0.2) is 22.7 Å². The number of aromatic nitrogens is 2. The normalized spacial score (nSPS) is 17.7. The molecule has 2 nitrogen and oxygen atoms in total. The number of benzene rings is 1. The van der Waals surface area contributed by atoms with Crippen molar-refractivity contribution in [3.63, 3.8) is 0 Å². The van der Waals surface area contributed by atoms with Crippen LogP contribution in [-0.2, 0) is 0 Å². The van der Waals surface area contributed by atoms with Gasteiger partial charge >= 0.3 is 0 Å². The maximum absolute atomic E-state index is 4.36. The van der Waals surface area contributed by atoms with Crippen LogP contribution in [-0.4, -0.2) is 10.2 Å². The van der Waals surface area contributed by atoms with Crippen LogP contribution >= 0.6 is 15.9 Å². The first-order chi connectivity index (χ1) is 7.34. The number of rotatable bonds is 1. The number of hydrogen-bond acceptors (Lipinski definition) is 1. The van der Waals surface area contributed by atoms with E-state index in [1.807, 2.05) is 6.07 Å². The van der Waals surface area contributed by atoms with Gasteiger partial charge in [0.2, 0.25) is 0 Å². The molecule has 1 N–H and O–H groups in total. The number of hydrogen-bond donors (Lipinski definition) is 1. The third-order valence-corrected chi connectivity index (χ3v) is 3.80. The largest absolute Gasteiger partial charge is 0.281 e. The Morgan fingerprint density at radius 3 is 2.87 bits per heavy atom. The van der Waals surface area contributed by atoms with Gasteiger partial charge in [-0.3, -0.25) is 5.10 Å². The van der Waals surface area contributed by atoms with Gasteiger partial charge in [-0.2, -0.15) is 5.10 Å². The molecular formula is C12H13BrN2. The number of nitrogens with zero attached hydrogens (tertiary/aromatic N) is 1. The van der Waals surface area contributed by atoms with Crippen LogP contribution in [0.25, 0.3) is 10.9 Å². The SMILES string of the molecule is Brc1ccc2n[nH]c(C3CCCC3)c2c1. The van der Waals surface area contributed by atoms with Gasteiger partial charge in [0.15, 0.2) is 0 Å². The molecule has 0 unspecified atom stereocenters. The molecule has 1 aromatic heterocycles. The lowest BCUT2D eigenvalue weighted by atomic mass is 10.0. The smallest absolute Gasteiger partial charge is 0.0924 e. The van der Waals surface area contributed by atoms with E-state index in [1.165, 1.54) is 36.8 Å². The minimum Gasteiger partial charge on any atom is -0.281 e. The van der Waals surface area contributed by atoms with E-state index in [0.29, 0.717) is 5.92 Å². The molecule has 0 aliphatic heterocycles. The fourth-order valence-electron chi connectivity index (χ4n) is 2.53. The van der Waals surface area contributed by atoms with Gasteiger partial charge in [-0.15, -0.1) is 0 Å². The number of halogens is 1. The topological polar surface area (TPSA) is 28.7 Å². The maximum atomic E-state index is 4.36. The van der Waals surface area contributed by atoms with Crippen LogP contribution in [0.3, 0.4) is 0 Å². The molecule has 1 fully saturated rings. The summed E-state index contributed by atoms with van der Waals surface area (Å²) in [6.45, 7) is 0. The van der Waals surface area contributed by atoms with Crippen molar-refractivity contribution in [2.45, 2.75) is 31.6 Å². The molecule has 0 amide bonds. The highest BCUT2D eigenvalue weighted by Crippen LogP contribution is 2.36. The van der Waals surface area contributed by atoms with Gasteiger partial charge in [0.1, 0.15) is 0 Å². The van der Waals surface area contributed by atoms with Crippen LogP contribution in [0.5, 0.6) is 0 Å².